The van der Waals surface area contributed by atoms with E-state index in [2.05, 4.69) is 5.32 Å². The van der Waals surface area contributed by atoms with E-state index < -0.39 is 24.0 Å². The van der Waals surface area contributed by atoms with Gasteiger partial charge in [0, 0.05) is 13.2 Å². The molecule has 8 heteroatoms. The fraction of sp³-hybridized carbons (Fsp3) is 0.750. The number of ether oxygens (including phenoxy) is 1. The first kappa shape index (κ1) is 16.2. The molecule has 4 N–H and O–H groups in total. The van der Waals surface area contributed by atoms with E-state index in [1.807, 2.05) is 0 Å². The van der Waals surface area contributed by atoms with E-state index in [0.717, 1.165) is 25.7 Å². The molecule has 1 fully saturated rings. The topological polar surface area (TPSA) is 122 Å². The number of nitrogens with two attached hydrogens (primary N) is 1. The van der Waals surface area contributed by atoms with E-state index in [4.69, 9.17) is 15.6 Å². The van der Waals surface area contributed by atoms with Crippen molar-refractivity contribution in [3.8, 4) is 0 Å². The van der Waals surface area contributed by atoms with Crippen molar-refractivity contribution in [3.63, 3.8) is 0 Å². The average Bonchev–Trinajstić information content (AvgIpc) is 2.89. The lowest BCUT2D eigenvalue weighted by molar-refractivity contribution is -0.148. The van der Waals surface area contributed by atoms with Crippen LogP contribution in [0.3, 0.4) is 0 Å². The quantitative estimate of drug-likeness (QED) is 0.584. The Bertz CT molecular complexity index is 368. The highest BCUT2D eigenvalue weighted by Gasteiger charge is 2.28. The van der Waals surface area contributed by atoms with Crippen molar-refractivity contribution in [1.82, 2.24) is 10.2 Å². The largest absolute Gasteiger partial charge is 0.479 e. The third kappa shape index (κ3) is 4.69. The van der Waals surface area contributed by atoms with E-state index in [1.54, 1.807) is 0 Å². The van der Waals surface area contributed by atoms with Gasteiger partial charge in [0.25, 0.3) is 0 Å². The van der Waals surface area contributed by atoms with Gasteiger partial charge in [0.15, 0.2) is 6.10 Å². The normalized spacial score (nSPS) is 16.6. The number of primary amides is 1. The zero-order valence-corrected chi connectivity index (χ0v) is 11.5. The van der Waals surface area contributed by atoms with Crippen molar-refractivity contribution in [2.75, 3.05) is 20.2 Å². The van der Waals surface area contributed by atoms with E-state index in [1.165, 1.54) is 12.0 Å². The van der Waals surface area contributed by atoms with Gasteiger partial charge in [-0.15, -0.1) is 0 Å². The number of hydrogen-bond acceptors (Lipinski definition) is 4. The van der Waals surface area contributed by atoms with Crippen LogP contribution in [0.1, 0.15) is 25.7 Å². The van der Waals surface area contributed by atoms with Gasteiger partial charge in [-0.1, -0.05) is 12.8 Å². The van der Waals surface area contributed by atoms with Crippen LogP contribution in [-0.2, 0) is 14.3 Å². The molecule has 0 saturated heterocycles. The minimum absolute atomic E-state index is 0.0201. The molecule has 20 heavy (non-hydrogen) atoms. The average molecular weight is 287 g/mol. The number of nitrogens with zero attached hydrogens (tertiary/aromatic N) is 1. The third-order valence-electron chi connectivity index (χ3n) is 3.35. The number of carboxylic acid groups (broad SMARTS) is 1. The highest BCUT2D eigenvalue weighted by molar-refractivity contribution is 5.83. The second-order valence-electron chi connectivity index (χ2n) is 4.78. The zero-order chi connectivity index (χ0) is 15.1. The molecule has 3 amide bonds. The maximum Gasteiger partial charge on any atom is 0.334 e. The van der Waals surface area contributed by atoms with Crippen LogP contribution in [0.4, 0.5) is 4.79 Å². The van der Waals surface area contributed by atoms with Gasteiger partial charge < -0.3 is 25.8 Å². The monoisotopic (exact) mass is 287 g/mol. The number of urea groups is 1. The Balaban J connectivity index is 2.58. The molecule has 0 aliphatic heterocycles. The Morgan fingerprint density at radius 2 is 2.00 bits per heavy atom. The van der Waals surface area contributed by atoms with Crippen molar-refractivity contribution in [1.29, 1.82) is 0 Å². The SMILES string of the molecule is COC(CNC(=O)N(CC(N)=O)C1CCCC1)C(=O)O. The lowest BCUT2D eigenvalue weighted by atomic mass is 10.2. The highest BCUT2D eigenvalue weighted by atomic mass is 16.5. The molecule has 1 aliphatic rings. The number of hydrogen-bond donors (Lipinski definition) is 3. The van der Waals surface area contributed by atoms with Gasteiger partial charge in [0.2, 0.25) is 5.91 Å². The van der Waals surface area contributed by atoms with Crippen LogP contribution >= 0.6 is 0 Å². The number of carbonyl (C=O) groups is 3. The Morgan fingerprint density at radius 1 is 1.40 bits per heavy atom. The number of aliphatic carboxylic acids is 1. The van der Waals surface area contributed by atoms with Crippen LogP contribution in [0.5, 0.6) is 0 Å². The minimum Gasteiger partial charge on any atom is -0.479 e. The van der Waals surface area contributed by atoms with Crippen molar-refractivity contribution in [2.24, 2.45) is 5.73 Å². The lowest BCUT2D eigenvalue weighted by Gasteiger charge is -2.28. The summed E-state index contributed by atoms with van der Waals surface area (Å²) in [4.78, 5) is 35.3. The first-order chi connectivity index (χ1) is 9.45. The summed E-state index contributed by atoms with van der Waals surface area (Å²) >= 11 is 0. The molecule has 8 nitrogen and oxygen atoms in total. The molecular formula is C12H21N3O5. The summed E-state index contributed by atoms with van der Waals surface area (Å²) in [6.07, 6.45) is 2.55. The summed E-state index contributed by atoms with van der Waals surface area (Å²) in [5.74, 6) is -1.75. The molecule has 0 spiro atoms. The van der Waals surface area contributed by atoms with E-state index >= 15 is 0 Å². The smallest absolute Gasteiger partial charge is 0.334 e. The lowest BCUT2D eigenvalue weighted by Crippen LogP contribution is -2.51. The Kier molecular flexibility index (Phi) is 6.23. The van der Waals surface area contributed by atoms with Crippen LogP contribution in [0.15, 0.2) is 0 Å². The fourth-order valence-electron chi connectivity index (χ4n) is 2.30. The molecule has 1 rings (SSSR count). The van der Waals surface area contributed by atoms with Crippen LogP contribution in [0.2, 0.25) is 0 Å². The van der Waals surface area contributed by atoms with Gasteiger partial charge in [-0.2, -0.15) is 0 Å². The summed E-state index contributed by atoms with van der Waals surface area (Å²) in [7, 11) is 1.25. The number of carbonyl (C=O) groups excluding carboxylic acids is 2. The molecule has 1 unspecified atom stereocenters. The number of rotatable bonds is 7. The van der Waals surface area contributed by atoms with Gasteiger partial charge in [-0.3, -0.25) is 4.79 Å². The van der Waals surface area contributed by atoms with Gasteiger partial charge >= 0.3 is 12.0 Å². The highest BCUT2D eigenvalue weighted by Crippen LogP contribution is 2.23. The Labute approximate surface area is 117 Å². The Morgan fingerprint density at radius 3 is 2.45 bits per heavy atom. The van der Waals surface area contributed by atoms with Crippen molar-refractivity contribution in [3.05, 3.63) is 0 Å². The second kappa shape index (κ2) is 7.68. The van der Waals surface area contributed by atoms with Crippen LogP contribution in [-0.4, -0.2) is 60.3 Å². The molecule has 0 aromatic rings. The molecule has 1 saturated carbocycles. The first-order valence-corrected chi connectivity index (χ1v) is 6.54. The van der Waals surface area contributed by atoms with E-state index in [9.17, 15) is 14.4 Å². The number of nitrogens with one attached hydrogen (secondary N) is 1. The van der Waals surface area contributed by atoms with Crippen molar-refractivity contribution >= 4 is 17.9 Å². The zero-order valence-electron chi connectivity index (χ0n) is 11.5. The summed E-state index contributed by atoms with van der Waals surface area (Å²) in [5, 5.41) is 11.3. The van der Waals surface area contributed by atoms with Gasteiger partial charge in [0.05, 0.1) is 6.54 Å². The second-order valence-corrected chi connectivity index (χ2v) is 4.78. The molecular weight excluding hydrogens is 266 g/mol. The number of carboxylic acids is 1. The summed E-state index contributed by atoms with van der Waals surface area (Å²) in [5.41, 5.74) is 5.15. The predicted molar refractivity (Wildman–Crippen MR) is 70.0 cm³/mol. The molecule has 0 aromatic carbocycles. The maximum atomic E-state index is 12.1. The number of amides is 3. The van der Waals surface area contributed by atoms with Crippen LogP contribution in [0, 0.1) is 0 Å². The van der Waals surface area contributed by atoms with Crippen LogP contribution < -0.4 is 11.1 Å². The molecule has 0 radical (unpaired) electrons. The number of methoxy groups -OCH3 is 1. The maximum absolute atomic E-state index is 12.1. The molecule has 0 aromatic heterocycles. The molecule has 0 bridgehead atoms. The summed E-state index contributed by atoms with van der Waals surface area (Å²) < 4.78 is 4.72. The molecule has 1 atom stereocenters. The van der Waals surface area contributed by atoms with Gasteiger partial charge in [-0.25, -0.2) is 9.59 Å². The molecule has 0 heterocycles. The van der Waals surface area contributed by atoms with Crippen LogP contribution in [0.25, 0.3) is 0 Å². The minimum atomic E-state index is -1.16. The molecule has 114 valence electrons. The van der Waals surface area contributed by atoms with Gasteiger partial charge in [-0.05, 0) is 12.8 Å². The van der Waals surface area contributed by atoms with Crippen molar-refractivity contribution < 1.29 is 24.2 Å². The Hall–Kier alpha value is -1.83. The summed E-state index contributed by atoms with van der Waals surface area (Å²) in [6, 6.07) is -0.507. The predicted octanol–water partition coefficient (Wildman–Crippen LogP) is -0.474. The summed E-state index contributed by atoms with van der Waals surface area (Å²) in [6.45, 7) is -0.326. The van der Waals surface area contributed by atoms with E-state index in [0.29, 0.717) is 0 Å². The standard InChI is InChI=1S/C12H21N3O5/c1-20-9(11(17)18)6-14-12(19)15(7-10(13)16)8-4-2-3-5-8/h8-9H,2-7H2,1H3,(H2,13,16)(H,14,19)(H,17,18). The third-order valence-corrected chi connectivity index (χ3v) is 3.35. The van der Waals surface area contributed by atoms with Gasteiger partial charge in [0.1, 0.15) is 6.54 Å². The van der Waals surface area contributed by atoms with E-state index in [-0.39, 0.29) is 19.1 Å². The molecule has 1 aliphatic carbocycles. The van der Waals surface area contributed by atoms with Crippen molar-refractivity contribution in [2.45, 2.75) is 37.8 Å². The fourth-order valence-corrected chi connectivity index (χ4v) is 2.30. The first-order valence-electron chi connectivity index (χ1n) is 6.54.